The smallest absolute Gasteiger partial charge is 0.439 e. The summed E-state index contributed by atoms with van der Waals surface area (Å²) < 4.78 is 44.9. The molecule has 2 aliphatic rings. The van der Waals surface area contributed by atoms with Gasteiger partial charge in [-0.2, -0.15) is 23.3 Å². The largest absolute Gasteiger partial charge is 0.464 e. The highest BCUT2D eigenvalue weighted by molar-refractivity contribution is 7.14. The van der Waals surface area contributed by atoms with Gasteiger partial charge in [0.25, 0.3) is 5.72 Å². The van der Waals surface area contributed by atoms with Gasteiger partial charge >= 0.3 is 12.1 Å². The van der Waals surface area contributed by atoms with Gasteiger partial charge in [-0.05, 0) is 19.3 Å². The predicted octanol–water partition coefficient (Wildman–Crippen LogP) is 2.16. The average Bonchev–Trinajstić information content (AvgIpc) is 3.13. The number of fused-ring (bicyclic) bond motifs is 1. The van der Waals surface area contributed by atoms with E-state index in [-0.39, 0.29) is 17.2 Å². The van der Waals surface area contributed by atoms with Crippen molar-refractivity contribution >= 4 is 28.1 Å². The van der Waals surface area contributed by atoms with Crippen molar-refractivity contribution in [2.24, 2.45) is 11.0 Å². The summed E-state index contributed by atoms with van der Waals surface area (Å²) in [6, 6.07) is 0. The number of aliphatic hydroxyl groups is 1. The fourth-order valence-electron chi connectivity index (χ4n) is 2.80. The molecule has 0 unspecified atom stereocenters. The fourth-order valence-corrected chi connectivity index (χ4v) is 3.60. The Morgan fingerprint density at radius 1 is 1.59 bits per heavy atom. The Balaban J connectivity index is 2.03. The molecule has 0 aromatic carbocycles. The Morgan fingerprint density at radius 3 is 2.95 bits per heavy atom. The topological polar surface area (TPSA) is 75.0 Å². The summed E-state index contributed by atoms with van der Waals surface area (Å²) >= 11 is 0.794. The number of carbonyl (C=O) groups excluding carboxylic acids is 1. The van der Waals surface area contributed by atoms with Gasteiger partial charge in [-0.1, -0.05) is 0 Å². The van der Waals surface area contributed by atoms with Crippen LogP contribution in [0.4, 0.5) is 18.3 Å². The highest BCUT2D eigenvalue weighted by atomic mass is 32.1. The van der Waals surface area contributed by atoms with E-state index in [0.717, 1.165) is 18.4 Å². The minimum atomic E-state index is -4.90. The van der Waals surface area contributed by atoms with Crippen LogP contribution in [0.1, 0.15) is 29.8 Å². The van der Waals surface area contributed by atoms with Crippen LogP contribution in [-0.2, 0) is 4.74 Å². The number of alkyl halides is 3. The first-order valence-corrected chi connectivity index (χ1v) is 7.37. The second-order valence-electron chi connectivity index (χ2n) is 5.08. The molecule has 6 nitrogen and oxygen atoms in total. The Hall–Kier alpha value is -1.68. The molecular weight excluding hydrogens is 323 g/mol. The van der Waals surface area contributed by atoms with Crippen LogP contribution in [0, 0.1) is 5.92 Å². The maximum atomic E-state index is 13.5. The van der Waals surface area contributed by atoms with Crippen molar-refractivity contribution in [1.29, 1.82) is 0 Å². The number of thiazole rings is 1. The van der Waals surface area contributed by atoms with E-state index >= 15 is 0 Å². The second kappa shape index (κ2) is 4.92. The molecule has 1 aromatic rings. The molecule has 0 amide bonds. The summed E-state index contributed by atoms with van der Waals surface area (Å²) in [5.41, 5.74) is -2.93. The van der Waals surface area contributed by atoms with Crippen molar-refractivity contribution in [1.82, 2.24) is 4.98 Å². The third-order valence-electron chi connectivity index (χ3n) is 3.85. The summed E-state index contributed by atoms with van der Waals surface area (Å²) in [5, 5.41) is 15.8. The van der Waals surface area contributed by atoms with Crippen LogP contribution < -0.4 is 5.01 Å². The zero-order chi connectivity index (χ0) is 16.1. The summed E-state index contributed by atoms with van der Waals surface area (Å²) in [6.07, 6.45) is -3.72. The van der Waals surface area contributed by atoms with E-state index < -0.39 is 23.8 Å². The van der Waals surface area contributed by atoms with E-state index in [1.54, 1.807) is 0 Å². The van der Waals surface area contributed by atoms with E-state index in [4.69, 9.17) is 0 Å². The predicted molar refractivity (Wildman–Crippen MR) is 71.7 cm³/mol. The van der Waals surface area contributed by atoms with Crippen LogP contribution >= 0.6 is 11.3 Å². The summed E-state index contributed by atoms with van der Waals surface area (Å²) in [7, 11) is 1.15. The van der Waals surface area contributed by atoms with Crippen LogP contribution in [0.5, 0.6) is 0 Å². The standard InChI is InChI=1S/C12H12F3N3O3S/c1-21-9(19)8-5-22-10(16-8)18-11(20,12(13,14)15)6-3-2-4-7(6)17-18/h5-6,20H,2-4H2,1H3/t6-,11+/m1/s1. The minimum absolute atomic E-state index is 0.121. The number of nitrogens with zero attached hydrogens (tertiary/aromatic N) is 3. The SMILES string of the molecule is COC(=O)c1csc(N2N=C3CCC[C@H]3[C@]2(O)C(F)(F)F)n1. The maximum Gasteiger partial charge on any atom is 0.439 e. The molecule has 22 heavy (non-hydrogen) atoms. The van der Waals surface area contributed by atoms with Crippen molar-refractivity contribution < 1.29 is 27.8 Å². The molecule has 1 fully saturated rings. The number of ether oxygens (including phenoxy) is 1. The number of hydrogen-bond acceptors (Lipinski definition) is 7. The zero-order valence-corrected chi connectivity index (χ0v) is 12.2. The normalized spacial score (nSPS) is 27.8. The maximum absolute atomic E-state index is 13.5. The summed E-state index contributed by atoms with van der Waals surface area (Å²) in [4.78, 5) is 15.2. The van der Waals surface area contributed by atoms with Gasteiger partial charge in [0, 0.05) is 11.1 Å². The molecule has 0 saturated heterocycles. The molecule has 0 spiro atoms. The first-order chi connectivity index (χ1) is 10.3. The average molecular weight is 335 g/mol. The molecule has 2 heterocycles. The van der Waals surface area contributed by atoms with Gasteiger partial charge in [0.05, 0.1) is 13.0 Å². The molecule has 1 aliphatic heterocycles. The van der Waals surface area contributed by atoms with Crippen LogP contribution in [0.15, 0.2) is 10.5 Å². The number of methoxy groups -OCH3 is 1. The van der Waals surface area contributed by atoms with Crippen LogP contribution in [-0.4, -0.2) is 40.8 Å². The van der Waals surface area contributed by atoms with Gasteiger partial charge in [0.15, 0.2) is 5.69 Å². The van der Waals surface area contributed by atoms with E-state index in [2.05, 4.69) is 14.8 Å². The Morgan fingerprint density at radius 2 is 2.32 bits per heavy atom. The van der Waals surface area contributed by atoms with Gasteiger partial charge in [-0.3, -0.25) is 0 Å². The van der Waals surface area contributed by atoms with Gasteiger partial charge in [-0.15, -0.1) is 11.3 Å². The molecule has 3 rings (SSSR count). The minimum Gasteiger partial charge on any atom is -0.464 e. The summed E-state index contributed by atoms with van der Waals surface area (Å²) in [6.45, 7) is 0. The van der Waals surface area contributed by atoms with Crippen LogP contribution in [0.25, 0.3) is 0 Å². The number of halogens is 3. The molecule has 10 heteroatoms. The van der Waals surface area contributed by atoms with Crippen molar-refractivity contribution in [3.63, 3.8) is 0 Å². The lowest BCUT2D eigenvalue weighted by molar-refractivity contribution is -0.268. The van der Waals surface area contributed by atoms with E-state index in [1.165, 1.54) is 5.38 Å². The highest BCUT2D eigenvalue weighted by Crippen LogP contribution is 2.50. The molecule has 1 saturated carbocycles. The number of esters is 1. The Kier molecular flexibility index (Phi) is 3.40. The molecule has 1 aromatic heterocycles. The number of anilines is 1. The van der Waals surface area contributed by atoms with Gasteiger partial charge in [0.1, 0.15) is 0 Å². The number of hydrazone groups is 1. The Labute approximate surface area is 127 Å². The number of rotatable bonds is 2. The third-order valence-corrected chi connectivity index (χ3v) is 4.67. The first-order valence-electron chi connectivity index (χ1n) is 6.49. The molecular formula is C12H12F3N3O3S. The molecule has 2 atom stereocenters. The van der Waals surface area contributed by atoms with Crippen molar-refractivity contribution in [3.05, 3.63) is 11.1 Å². The van der Waals surface area contributed by atoms with Crippen LogP contribution in [0.3, 0.4) is 0 Å². The Bertz CT molecular complexity index is 645. The zero-order valence-electron chi connectivity index (χ0n) is 11.4. The number of aromatic nitrogens is 1. The van der Waals surface area contributed by atoms with E-state index in [1.807, 2.05) is 0 Å². The highest BCUT2D eigenvalue weighted by Gasteiger charge is 2.68. The quantitative estimate of drug-likeness (QED) is 0.838. The first kappa shape index (κ1) is 15.2. The van der Waals surface area contributed by atoms with Gasteiger partial charge < -0.3 is 9.84 Å². The van der Waals surface area contributed by atoms with Crippen molar-refractivity contribution in [2.45, 2.75) is 31.2 Å². The lowest BCUT2D eigenvalue weighted by Crippen LogP contribution is -2.59. The van der Waals surface area contributed by atoms with Crippen molar-refractivity contribution in [2.75, 3.05) is 12.1 Å². The lowest BCUT2D eigenvalue weighted by atomic mass is 9.93. The number of hydrogen-bond donors (Lipinski definition) is 1. The monoisotopic (exact) mass is 335 g/mol. The van der Waals surface area contributed by atoms with E-state index in [0.29, 0.717) is 23.6 Å². The molecule has 1 aliphatic carbocycles. The summed E-state index contributed by atoms with van der Waals surface area (Å²) in [5.74, 6) is -1.86. The van der Waals surface area contributed by atoms with Crippen molar-refractivity contribution in [3.8, 4) is 0 Å². The van der Waals surface area contributed by atoms with Crippen LogP contribution in [0.2, 0.25) is 0 Å². The second-order valence-corrected chi connectivity index (χ2v) is 5.92. The van der Waals surface area contributed by atoms with E-state index in [9.17, 15) is 23.1 Å². The van der Waals surface area contributed by atoms with Gasteiger partial charge in [-0.25, -0.2) is 9.78 Å². The molecule has 0 radical (unpaired) electrons. The molecule has 0 bridgehead atoms. The van der Waals surface area contributed by atoms with Gasteiger partial charge in [0.2, 0.25) is 5.13 Å². The fraction of sp³-hybridized carbons (Fsp3) is 0.583. The molecule has 120 valence electrons. The molecule has 1 N–H and O–H groups in total. The third kappa shape index (κ3) is 2.01. The lowest BCUT2D eigenvalue weighted by Gasteiger charge is -2.36. The number of carbonyl (C=O) groups is 1.